The summed E-state index contributed by atoms with van der Waals surface area (Å²) in [6, 6.07) is 0. The van der Waals surface area contributed by atoms with Crippen molar-refractivity contribution >= 4 is 15.0 Å². The van der Waals surface area contributed by atoms with Crippen molar-refractivity contribution in [2.24, 2.45) is 0 Å². The van der Waals surface area contributed by atoms with Crippen molar-refractivity contribution in [3.8, 4) is 0 Å². The Hall–Kier alpha value is -0.773. The number of aliphatic hydroxyl groups is 2. The molecule has 7 nitrogen and oxygen atoms in total. The fourth-order valence-electron chi connectivity index (χ4n) is 2.01. The molecular weight excluding hydrogens is 296 g/mol. The minimum Gasteiger partial charge on any atom is -0.463 e. The quantitative estimate of drug-likeness (QED) is 0.382. The predicted molar refractivity (Wildman–Crippen MR) is 75.8 cm³/mol. The number of carbonyl (C=O) groups is 1. The van der Waals surface area contributed by atoms with Gasteiger partial charge in [-0.25, -0.2) is 0 Å². The highest BCUT2D eigenvalue weighted by Gasteiger charge is 2.46. The second-order valence-electron chi connectivity index (χ2n) is 4.94. The third kappa shape index (κ3) is 5.49. The van der Waals surface area contributed by atoms with Crippen molar-refractivity contribution in [3.63, 3.8) is 0 Å². The van der Waals surface area contributed by atoms with E-state index in [4.69, 9.17) is 18.6 Å². The van der Waals surface area contributed by atoms with E-state index in [1.54, 1.807) is 0 Å². The summed E-state index contributed by atoms with van der Waals surface area (Å²) in [5.74, 6) is -0.491. The lowest BCUT2D eigenvalue weighted by Gasteiger charge is -2.42. The van der Waals surface area contributed by atoms with Crippen LogP contribution in [0.1, 0.15) is 6.92 Å². The maximum Gasteiger partial charge on any atom is 0.302 e. The van der Waals surface area contributed by atoms with E-state index in [1.165, 1.54) is 13.0 Å². The van der Waals surface area contributed by atoms with Crippen LogP contribution in [-0.2, 0) is 23.4 Å². The number of rotatable bonds is 7. The number of hydrogen-bond donors (Lipinski definition) is 2. The maximum absolute atomic E-state index is 10.9. The van der Waals surface area contributed by atoms with Crippen LogP contribution in [-0.4, -0.2) is 69.1 Å². The molecule has 0 spiro atoms. The number of hydrogen-bond acceptors (Lipinski definition) is 7. The van der Waals surface area contributed by atoms with Crippen LogP contribution in [0.2, 0.25) is 13.1 Å². The molecule has 0 aromatic carbocycles. The van der Waals surface area contributed by atoms with E-state index in [-0.39, 0.29) is 13.2 Å². The number of aliphatic hydroxyl groups excluding tert-OH is 2. The Bertz CT molecular complexity index is 349. The van der Waals surface area contributed by atoms with E-state index in [2.05, 4.69) is 6.58 Å². The molecular formula is C13H23O7Si. The molecule has 2 N–H and O–H groups in total. The highest BCUT2D eigenvalue weighted by Crippen LogP contribution is 2.25. The molecule has 1 aliphatic rings. The smallest absolute Gasteiger partial charge is 0.302 e. The normalized spacial score (nSPS) is 33.0. The Morgan fingerprint density at radius 1 is 1.38 bits per heavy atom. The molecule has 0 bridgehead atoms. The van der Waals surface area contributed by atoms with E-state index in [0.29, 0.717) is 0 Å². The summed E-state index contributed by atoms with van der Waals surface area (Å²) in [7, 11) is -1.13. The topological polar surface area (TPSA) is 94.5 Å². The first kappa shape index (κ1) is 18.3. The van der Waals surface area contributed by atoms with Crippen LogP contribution in [0, 0.1) is 0 Å². The van der Waals surface area contributed by atoms with Gasteiger partial charge in [0.1, 0.15) is 31.0 Å². The zero-order valence-electron chi connectivity index (χ0n) is 12.5. The second kappa shape index (κ2) is 8.62. The Balaban J connectivity index is 2.79. The molecule has 0 aromatic heterocycles. The molecule has 8 heteroatoms. The Labute approximate surface area is 126 Å². The molecule has 1 heterocycles. The lowest BCUT2D eigenvalue weighted by atomic mass is 9.99. The average molecular weight is 319 g/mol. The Morgan fingerprint density at radius 3 is 2.57 bits per heavy atom. The standard InChI is InChI=1S/C13H23O7Si/c1-5-6-17-11-10(15)9(7-18-8(2)14)19-13(16)12(11)20-21(3)4/h5,9-13,15-16H,1,6-7H2,2-4H3/t9?,10-,11+,12?,13-/m1/s1. The summed E-state index contributed by atoms with van der Waals surface area (Å²) in [6.07, 6.45) is -3.26. The largest absolute Gasteiger partial charge is 0.463 e. The van der Waals surface area contributed by atoms with Gasteiger partial charge in [-0.2, -0.15) is 0 Å². The van der Waals surface area contributed by atoms with E-state index in [9.17, 15) is 15.0 Å². The molecule has 1 rings (SSSR count). The fraction of sp³-hybridized carbons (Fsp3) is 0.769. The van der Waals surface area contributed by atoms with Crippen molar-refractivity contribution in [1.29, 1.82) is 0 Å². The summed E-state index contributed by atoms with van der Waals surface area (Å²) in [5.41, 5.74) is 0. The SMILES string of the molecule is C=CCO[C@@H]1C(O[Si](C)C)[C@H](O)OC(COC(C)=O)[C@H]1O. The number of esters is 1. The van der Waals surface area contributed by atoms with E-state index >= 15 is 0 Å². The van der Waals surface area contributed by atoms with Gasteiger partial charge in [0.15, 0.2) is 6.29 Å². The number of ether oxygens (including phenoxy) is 3. The highest BCUT2D eigenvalue weighted by atomic mass is 28.3. The van der Waals surface area contributed by atoms with Gasteiger partial charge in [-0.05, 0) is 13.1 Å². The number of carbonyl (C=O) groups excluding carboxylic acids is 1. The second-order valence-corrected chi connectivity index (χ2v) is 6.99. The zero-order chi connectivity index (χ0) is 16.0. The van der Waals surface area contributed by atoms with Gasteiger partial charge < -0.3 is 28.8 Å². The van der Waals surface area contributed by atoms with Gasteiger partial charge in [0.25, 0.3) is 0 Å². The molecule has 1 radical (unpaired) electrons. The summed E-state index contributed by atoms with van der Waals surface area (Å²) in [5, 5.41) is 20.4. The highest BCUT2D eigenvalue weighted by molar-refractivity contribution is 6.48. The van der Waals surface area contributed by atoms with Crippen molar-refractivity contribution in [2.75, 3.05) is 13.2 Å². The minimum atomic E-state index is -1.26. The van der Waals surface area contributed by atoms with Crippen LogP contribution >= 0.6 is 0 Å². The van der Waals surface area contributed by atoms with Crippen molar-refractivity contribution in [3.05, 3.63) is 12.7 Å². The molecule has 121 valence electrons. The van der Waals surface area contributed by atoms with Crippen molar-refractivity contribution in [1.82, 2.24) is 0 Å². The fourth-order valence-corrected chi connectivity index (χ4v) is 2.81. The van der Waals surface area contributed by atoms with Crippen LogP contribution in [0.15, 0.2) is 12.7 Å². The van der Waals surface area contributed by atoms with E-state index < -0.39 is 45.7 Å². The first-order valence-corrected chi connectivity index (χ1v) is 9.12. The van der Waals surface area contributed by atoms with Crippen LogP contribution < -0.4 is 0 Å². The van der Waals surface area contributed by atoms with Gasteiger partial charge >= 0.3 is 5.97 Å². The van der Waals surface area contributed by atoms with Crippen LogP contribution in [0.3, 0.4) is 0 Å². The third-order valence-corrected chi connectivity index (χ3v) is 3.61. The monoisotopic (exact) mass is 319 g/mol. The zero-order valence-corrected chi connectivity index (χ0v) is 13.5. The van der Waals surface area contributed by atoms with Gasteiger partial charge in [-0.15, -0.1) is 6.58 Å². The van der Waals surface area contributed by atoms with Crippen LogP contribution in [0.25, 0.3) is 0 Å². The third-order valence-electron chi connectivity index (χ3n) is 2.87. The lowest BCUT2D eigenvalue weighted by molar-refractivity contribution is -0.288. The van der Waals surface area contributed by atoms with Crippen LogP contribution in [0.5, 0.6) is 0 Å². The molecule has 0 aliphatic carbocycles. The Morgan fingerprint density at radius 2 is 2.05 bits per heavy atom. The molecule has 1 aliphatic heterocycles. The molecule has 0 amide bonds. The van der Waals surface area contributed by atoms with Gasteiger partial charge in [-0.1, -0.05) is 6.08 Å². The molecule has 21 heavy (non-hydrogen) atoms. The van der Waals surface area contributed by atoms with Crippen molar-refractivity contribution < 1.29 is 33.6 Å². The predicted octanol–water partition coefficient (Wildman–Crippen LogP) is -0.165. The van der Waals surface area contributed by atoms with Gasteiger partial charge in [0.05, 0.1) is 6.61 Å². The first-order chi connectivity index (χ1) is 9.86. The molecule has 0 aromatic rings. The average Bonchev–Trinajstić information content (AvgIpc) is 2.40. The molecule has 0 saturated carbocycles. The first-order valence-electron chi connectivity index (χ1n) is 6.71. The van der Waals surface area contributed by atoms with Gasteiger partial charge in [0.2, 0.25) is 9.04 Å². The summed E-state index contributed by atoms with van der Waals surface area (Å²) >= 11 is 0. The molecule has 1 fully saturated rings. The van der Waals surface area contributed by atoms with Crippen molar-refractivity contribution in [2.45, 2.75) is 50.7 Å². The van der Waals surface area contributed by atoms with Gasteiger partial charge in [-0.3, -0.25) is 4.79 Å². The maximum atomic E-state index is 10.9. The van der Waals surface area contributed by atoms with Crippen LogP contribution in [0.4, 0.5) is 0 Å². The summed E-state index contributed by atoms with van der Waals surface area (Å²) < 4.78 is 21.3. The molecule has 5 atom stereocenters. The van der Waals surface area contributed by atoms with E-state index in [1.807, 2.05) is 13.1 Å². The molecule has 1 saturated heterocycles. The lowest BCUT2D eigenvalue weighted by Crippen LogP contribution is -2.61. The molecule has 2 unspecified atom stereocenters. The van der Waals surface area contributed by atoms with E-state index in [0.717, 1.165) is 0 Å². The summed E-state index contributed by atoms with van der Waals surface area (Å²) in [4.78, 5) is 10.9. The van der Waals surface area contributed by atoms with Gasteiger partial charge in [0, 0.05) is 6.92 Å². The minimum absolute atomic E-state index is 0.162. The summed E-state index contributed by atoms with van der Waals surface area (Å²) in [6.45, 7) is 8.65. The Kier molecular flexibility index (Phi) is 7.50.